The molecule has 90 valence electrons. The molecule has 1 aromatic rings. The van der Waals surface area contributed by atoms with Gasteiger partial charge in [-0.15, -0.1) is 0 Å². The number of aryl methyl sites for hydroxylation is 1. The topological polar surface area (TPSA) is 55.3 Å². The minimum Gasteiger partial charge on any atom is -0.377 e. The lowest BCUT2D eigenvalue weighted by atomic mass is 10.1. The highest BCUT2D eigenvalue weighted by atomic mass is 16.5. The number of amides is 1. The lowest BCUT2D eigenvalue weighted by Gasteiger charge is -2.37. The lowest BCUT2D eigenvalue weighted by molar-refractivity contribution is -0.0566. The van der Waals surface area contributed by atoms with E-state index in [1.807, 2.05) is 11.8 Å². The molecule has 1 aliphatic heterocycles. The quantitative estimate of drug-likeness (QED) is 0.774. The van der Waals surface area contributed by atoms with Gasteiger partial charge in [-0.25, -0.2) is 0 Å². The Morgan fingerprint density at radius 3 is 2.71 bits per heavy atom. The minimum absolute atomic E-state index is 0.0770. The number of carbonyl (C=O) groups excluding carboxylic acids is 1. The molecule has 5 heteroatoms. The second kappa shape index (κ2) is 4.07. The lowest BCUT2D eigenvalue weighted by Crippen LogP contribution is -2.52. The van der Waals surface area contributed by atoms with Crippen LogP contribution in [0.3, 0.4) is 0 Å². The third kappa shape index (κ3) is 1.91. The first kappa shape index (κ1) is 10.7. The summed E-state index contributed by atoms with van der Waals surface area (Å²) in [4.78, 5) is 14.5. The third-order valence-electron chi connectivity index (χ3n) is 3.32. The van der Waals surface area contributed by atoms with Crippen molar-refractivity contribution in [3.63, 3.8) is 0 Å². The maximum Gasteiger partial charge on any atom is 0.256 e. The maximum absolute atomic E-state index is 12.5. The average Bonchev–Trinajstić information content (AvgIpc) is 3.06. The summed E-state index contributed by atoms with van der Waals surface area (Å²) in [5.74, 6) is 0.0770. The van der Waals surface area contributed by atoms with Crippen molar-refractivity contribution in [2.24, 2.45) is 0 Å². The van der Waals surface area contributed by atoms with Crippen LogP contribution in [0.2, 0.25) is 0 Å². The predicted octanol–water partition coefficient (Wildman–Crippen LogP) is 0.788. The summed E-state index contributed by atoms with van der Waals surface area (Å²) in [5.41, 5.74) is 1.36. The zero-order chi connectivity index (χ0) is 11.8. The van der Waals surface area contributed by atoms with Crippen molar-refractivity contribution >= 4 is 5.91 Å². The van der Waals surface area contributed by atoms with Crippen LogP contribution in [0.1, 0.15) is 28.9 Å². The van der Waals surface area contributed by atoms with Crippen molar-refractivity contribution in [3.8, 4) is 0 Å². The standard InChI is InChI=1S/C12H15N3O2/c1-8-11(4-5-13-14-8)12(16)15(9-2-3-9)10-6-17-7-10/h4-5,9-10H,2-3,6-7H2,1H3. The Labute approximate surface area is 99.8 Å². The van der Waals surface area contributed by atoms with Crippen LogP contribution in [0.25, 0.3) is 0 Å². The van der Waals surface area contributed by atoms with Gasteiger partial charge in [0.2, 0.25) is 0 Å². The van der Waals surface area contributed by atoms with Gasteiger partial charge < -0.3 is 9.64 Å². The summed E-state index contributed by atoms with van der Waals surface area (Å²) in [5, 5.41) is 7.72. The number of hydrogen-bond acceptors (Lipinski definition) is 4. The molecule has 2 fully saturated rings. The molecule has 1 aromatic heterocycles. The second-order valence-corrected chi connectivity index (χ2v) is 4.67. The molecule has 3 rings (SSSR count). The molecule has 5 nitrogen and oxygen atoms in total. The van der Waals surface area contributed by atoms with Crippen LogP contribution in [0.15, 0.2) is 12.3 Å². The molecule has 0 unspecified atom stereocenters. The SMILES string of the molecule is Cc1nnccc1C(=O)N(C1CC1)C1COC1. The second-order valence-electron chi connectivity index (χ2n) is 4.67. The first-order valence-electron chi connectivity index (χ1n) is 5.96. The molecule has 0 atom stereocenters. The third-order valence-corrected chi connectivity index (χ3v) is 3.32. The molecular weight excluding hydrogens is 218 g/mol. The Morgan fingerprint density at radius 1 is 1.41 bits per heavy atom. The summed E-state index contributed by atoms with van der Waals surface area (Å²) < 4.78 is 5.19. The molecule has 0 bridgehead atoms. The number of aromatic nitrogens is 2. The highest BCUT2D eigenvalue weighted by Crippen LogP contribution is 2.32. The van der Waals surface area contributed by atoms with Crippen LogP contribution in [0, 0.1) is 6.92 Å². The molecule has 0 N–H and O–H groups in total. The van der Waals surface area contributed by atoms with E-state index in [2.05, 4.69) is 10.2 Å². The van der Waals surface area contributed by atoms with Crippen molar-refractivity contribution in [3.05, 3.63) is 23.5 Å². The zero-order valence-electron chi connectivity index (χ0n) is 9.80. The molecule has 2 aliphatic rings. The molecule has 1 saturated carbocycles. The van der Waals surface area contributed by atoms with Gasteiger partial charge in [0.15, 0.2) is 0 Å². The van der Waals surface area contributed by atoms with Crippen molar-refractivity contribution in [1.29, 1.82) is 0 Å². The Morgan fingerprint density at radius 2 is 2.18 bits per heavy atom. The van der Waals surface area contributed by atoms with Gasteiger partial charge in [-0.3, -0.25) is 4.79 Å². The fourth-order valence-corrected chi connectivity index (χ4v) is 2.13. The summed E-state index contributed by atoms with van der Waals surface area (Å²) in [6.45, 7) is 3.15. The predicted molar refractivity (Wildman–Crippen MR) is 60.6 cm³/mol. The summed E-state index contributed by atoms with van der Waals surface area (Å²) in [6.07, 6.45) is 3.79. The highest BCUT2D eigenvalue weighted by molar-refractivity contribution is 5.95. The van der Waals surface area contributed by atoms with Crippen molar-refractivity contribution in [2.45, 2.75) is 31.8 Å². The number of carbonyl (C=O) groups is 1. The van der Waals surface area contributed by atoms with E-state index in [1.165, 1.54) is 0 Å². The molecule has 1 amide bonds. The van der Waals surface area contributed by atoms with Crippen molar-refractivity contribution in [1.82, 2.24) is 15.1 Å². The van der Waals surface area contributed by atoms with Crippen molar-refractivity contribution in [2.75, 3.05) is 13.2 Å². The molecule has 0 spiro atoms. The Hall–Kier alpha value is -1.49. The summed E-state index contributed by atoms with van der Waals surface area (Å²) in [6, 6.07) is 2.41. The maximum atomic E-state index is 12.5. The molecule has 2 heterocycles. The van der Waals surface area contributed by atoms with E-state index < -0.39 is 0 Å². The van der Waals surface area contributed by atoms with Gasteiger partial charge in [0.25, 0.3) is 5.91 Å². The van der Waals surface area contributed by atoms with Crippen LogP contribution in [-0.2, 0) is 4.74 Å². The zero-order valence-corrected chi connectivity index (χ0v) is 9.80. The Balaban J connectivity index is 1.86. The number of ether oxygens (including phenoxy) is 1. The molecule has 1 saturated heterocycles. The van der Waals surface area contributed by atoms with Crippen LogP contribution < -0.4 is 0 Å². The number of hydrogen-bond donors (Lipinski definition) is 0. The summed E-state index contributed by atoms with van der Waals surface area (Å²) in [7, 11) is 0. The van der Waals surface area contributed by atoms with Gasteiger partial charge in [0, 0.05) is 6.04 Å². The van der Waals surface area contributed by atoms with E-state index in [0.29, 0.717) is 30.5 Å². The van der Waals surface area contributed by atoms with E-state index in [1.54, 1.807) is 12.3 Å². The molecular formula is C12H15N3O2. The summed E-state index contributed by atoms with van der Waals surface area (Å²) >= 11 is 0. The first-order valence-corrected chi connectivity index (χ1v) is 5.96. The molecule has 17 heavy (non-hydrogen) atoms. The smallest absolute Gasteiger partial charge is 0.256 e. The molecule has 0 radical (unpaired) electrons. The Bertz CT molecular complexity index is 441. The fourth-order valence-electron chi connectivity index (χ4n) is 2.13. The van der Waals surface area contributed by atoms with E-state index in [-0.39, 0.29) is 11.9 Å². The van der Waals surface area contributed by atoms with E-state index >= 15 is 0 Å². The number of nitrogens with zero attached hydrogens (tertiary/aromatic N) is 3. The van der Waals surface area contributed by atoms with Gasteiger partial charge in [0.1, 0.15) is 0 Å². The van der Waals surface area contributed by atoms with Crippen LogP contribution in [0.4, 0.5) is 0 Å². The van der Waals surface area contributed by atoms with Gasteiger partial charge in [-0.2, -0.15) is 10.2 Å². The van der Waals surface area contributed by atoms with Crippen LogP contribution in [-0.4, -0.2) is 46.3 Å². The molecule has 0 aromatic carbocycles. The van der Waals surface area contributed by atoms with E-state index in [0.717, 1.165) is 12.8 Å². The van der Waals surface area contributed by atoms with Gasteiger partial charge in [0.05, 0.1) is 36.7 Å². The van der Waals surface area contributed by atoms with E-state index in [4.69, 9.17) is 4.74 Å². The average molecular weight is 233 g/mol. The van der Waals surface area contributed by atoms with Crippen LogP contribution >= 0.6 is 0 Å². The highest BCUT2D eigenvalue weighted by Gasteiger charge is 2.41. The van der Waals surface area contributed by atoms with Gasteiger partial charge >= 0.3 is 0 Å². The van der Waals surface area contributed by atoms with Gasteiger partial charge in [-0.05, 0) is 25.8 Å². The molecule has 1 aliphatic carbocycles. The van der Waals surface area contributed by atoms with E-state index in [9.17, 15) is 4.79 Å². The van der Waals surface area contributed by atoms with Gasteiger partial charge in [-0.1, -0.05) is 0 Å². The number of rotatable bonds is 3. The Kier molecular flexibility index (Phi) is 2.55. The monoisotopic (exact) mass is 233 g/mol. The van der Waals surface area contributed by atoms with Crippen molar-refractivity contribution < 1.29 is 9.53 Å². The first-order chi connectivity index (χ1) is 8.27. The largest absolute Gasteiger partial charge is 0.377 e. The minimum atomic E-state index is 0.0770. The normalized spacial score (nSPS) is 19.8. The van der Waals surface area contributed by atoms with Crippen LogP contribution in [0.5, 0.6) is 0 Å². The fraction of sp³-hybridized carbons (Fsp3) is 0.583.